The number of hydrogen-bond acceptors (Lipinski definition) is 3. The molecular weight excluding hydrogens is 296 g/mol. The van der Waals surface area contributed by atoms with Gasteiger partial charge in [-0.05, 0) is 49.5 Å². The predicted octanol–water partition coefficient (Wildman–Crippen LogP) is 3.67. The summed E-state index contributed by atoms with van der Waals surface area (Å²) in [5, 5.41) is 13.2. The molecule has 24 heavy (non-hydrogen) atoms. The van der Waals surface area contributed by atoms with E-state index in [-0.39, 0.29) is 12.6 Å². The van der Waals surface area contributed by atoms with Crippen LogP contribution < -0.4 is 5.32 Å². The zero-order chi connectivity index (χ0) is 16.8. The summed E-state index contributed by atoms with van der Waals surface area (Å²) < 4.78 is 0. The van der Waals surface area contributed by atoms with Gasteiger partial charge < -0.3 is 15.3 Å². The number of hydrogen-bond donors (Lipinski definition) is 2. The summed E-state index contributed by atoms with van der Waals surface area (Å²) in [5.74, 6) is 0. The molecule has 1 fully saturated rings. The van der Waals surface area contributed by atoms with Crippen LogP contribution in [0.3, 0.4) is 0 Å². The number of rotatable bonds is 7. The Morgan fingerprint density at radius 3 is 2.42 bits per heavy atom. The second kappa shape index (κ2) is 8.43. The summed E-state index contributed by atoms with van der Waals surface area (Å²) in [7, 11) is 0. The van der Waals surface area contributed by atoms with E-state index in [1.807, 2.05) is 12.1 Å². The summed E-state index contributed by atoms with van der Waals surface area (Å²) in [5.41, 5.74) is 3.54. The molecule has 1 heterocycles. The first kappa shape index (κ1) is 17.2. The first-order chi connectivity index (χ1) is 11.8. The third-order valence-electron chi connectivity index (χ3n) is 4.93. The average Bonchev–Trinajstić information content (AvgIpc) is 3.15. The minimum Gasteiger partial charge on any atom is -0.392 e. The largest absolute Gasteiger partial charge is 0.392 e. The molecule has 2 aromatic carbocycles. The molecule has 2 unspecified atom stereocenters. The number of nitrogens with one attached hydrogen (secondary N) is 1. The van der Waals surface area contributed by atoms with Gasteiger partial charge in [0.2, 0.25) is 0 Å². The molecule has 0 radical (unpaired) electrons. The van der Waals surface area contributed by atoms with E-state index >= 15 is 0 Å². The number of aliphatic hydroxyl groups excluding tert-OH is 1. The van der Waals surface area contributed by atoms with Crippen molar-refractivity contribution in [1.82, 2.24) is 10.2 Å². The van der Waals surface area contributed by atoms with E-state index in [2.05, 4.69) is 59.6 Å². The number of nitrogens with zero attached hydrogens (tertiary/aromatic N) is 1. The van der Waals surface area contributed by atoms with Crippen molar-refractivity contribution in [3.8, 4) is 0 Å². The molecule has 3 nitrogen and oxygen atoms in total. The van der Waals surface area contributed by atoms with E-state index in [4.69, 9.17) is 0 Å². The number of aliphatic hydroxyl groups is 1. The van der Waals surface area contributed by atoms with Crippen LogP contribution in [0.1, 0.15) is 48.5 Å². The molecule has 1 aliphatic heterocycles. The SMILES string of the molecule is CC(NC(CN1CCCC1)c1ccccc1)c1cccc(CO)c1. The average molecular weight is 324 g/mol. The Bertz CT molecular complexity index is 623. The molecule has 3 rings (SSSR count). The third kappa shape index (κ3) is 4.44. The summed E-state index contributed by atoms with van der Waals surface area (Å²) in [4.78, 5) is 2.56. The van der Waals surface area contributed by atoms with E-state index < -0.39 is 0 Å². The highest BCUT2D eigenvalue weighted by atomic mass is 16.3. The van der Waals surface area contributed by atoms with E-state index in [0.29, 0.717) is 6.04 Å². The van der Waals surface area contributed by atoms with E-state index in [1.165, 1.54) is 37.1 Å². The molecule has 0 spiro atoms. The van der Waals surface area contributed by atoms with Crippen molar-refractivity contribution in [2.45, 2.75) is 38.5 Å². The lowest BCUT2D eigenvalue weighted by Crippen LogP contribution is -2.35. The van der Waals surface area contributed by atoms with Gasteiger partial charge in [0.25, 0.3) is 0 Å². The van der Waals surface area contributed by atoms with Crippen LogP contribution in [0.15, 0.2) is 54.6 Å². The van der Waals surface area contributed by atoms with Crippen molar-refractivity contribution in [1.29, 1.82) is 0 Å². The molecule has 1 aliphatic rings. The molecule has 0 aromatic heterocycles. The van der Waals surface area contributed by atoms with Crippen molar-refractivity contribution in [3.63, 3.8) is 0 Å². The Hall–Kier alpha value is -1.68. The minimum absolute atomic E-state index is 0.0937. The Balaban J connectivity index is 1.74. The fourth-order valence-electron chi connectivity index (χ4n) is 3.52. The van der Waals surface area contributed by atoms with Crippen LogP contribution in [0.5, 0.6) is 0 Å². The molecule has 0 aliphatic carbocycles. The first-order valence-corrected chi connectivity index (χ1v) is 8.99. The number of likely N-dealkylation sites (tertiary alicyclic amines) is 1. The molecule has 2 atom stereocenters. The summed E-state index contributed by atoms with van der Waals surface area (Å²) in [6.07, 6.45) is 2.63. The van der Waals surface area contributed by atoms with Crippen LogP contribution in [-0.2, 0) is 6.61 Å². The molecule has 2 N–H and O–H groups in total. The highest BCUT2D eigenvalue weighted by Gasteiger charge is 2.20. The minimum atomic E-state index is 0.0937. The van der Waals surface area contributed by atoms with Crippen LogP contribution in [-0.4, -0.2) is 29.6 Å². The zero-order valence-corrected chi connectivity index (χ0v) is 14.5. The van der Waals surface area contributed by atoms with Crippen LogP contribution in [0.4, 0.5) is 0 Å². The molecule has 1 saturated heterocycles. The van der Waals surface area contributed by atoms with Crippen molar-refractivity contribution < 1.29 is 5.11 Å². The Morgan fingerprint density at radius 2 is 1.71 bits per heavy atom. The molecule has 2 aromatic rings. The number of benzene rings is 2. The van der Waals surface area contributed by atoms with Crippen molar-refractivity contribution in [2.75, 3.05) is 19.6 Å². The lowest BCUT2D eigenvalue weighted by molar-refractivity contribution is 0.279. The molecule has 0 bridgehead atoms. The van der Waals surface area contributed by atoms with Crippen molar-refractivity contribution >= 4 is 0 Å². The summed E-state index contributed by atoms with van der Waals surface area (Å²) in [6, 6.07) is 19.5. The highest BCUT2D eigenvalue weighted by Crippen LogP contribution is 2.23. The van der Waals surface area contributed by atoms with Crippen LogP contribution in [0, 0.1) is 0 Å². The topological polar surface area (TPSA) is 35.5 Å². The van der Waals surface area contributed by atoms with E-state index in [9.17, 15) is 5.11 Å². The van der Waals surface area contributed by atoms with E-state index in [1.54, 1.807) is 0 Å². The van der Waals surface area contributed by atoms with Crippen molar-refractivity contribution in [3.05, 3.63) is 71.3 Å². The zero-order valence-electron chi connectivity index (χ0n) is 14.5. The lowest BCUT2D eigenvalue weighted by Gasteiger charge is -2.28. The van der Waals surface area contributed by atoms with Gasteiger partial charge >= 0.3 is 0 Å². The monoisotopic (exact) mass is 324 g/mol. The second-order valence-electron chi connectivity index (χ2n) is 6.76. The second-order valence-corrected chi connectivity index (χ2v) is 6.76. The third-order valence-corrected chi connectivity index (χ3v) is 4.93. The lowest BCUT2D eigenvalue weighted by atomic mass is 10.0. The maximum absolute atomic E-state index is 9.37. The molecule has 0 amide bonds. The summed E-state index contributed by atoms with van der Waals surface area (Å²) >= 11 is 0. The fourth-order valence-corrected chi connectivity index (χ4v) is 3.52. The van der Waals surface area contributed by atoms with Gasteiger partial charge in [0.15, 0.2) is 0 Å². The highest BCUT2D eigenvalue weighted by molar-refractivity contribution is 5.26. The summed E-state index contributed by atoms with van der Waals surface area (Å²) in [6.45, 7) is 5.76. The standard InChI is InChI=1S/C21H28N2O/c1-17(20-11-7-8-18(14-20)16-24)22-21(15-23-12-5-6-13-23)19-9-3-2-4-10-19/h2-4,7-11,14,17,21-22,24H,5-6,12-13,15-16H2,1H3. The molecule has 3 heteroatoms. The van der Waals surface area contributed by atoms with Crippen LogP contribution in [0.25, 0.3) is 0 Å². The van der Waals surface area contributed by atoms with Gasteiger partial charge in [0.1, 0.15) is 0 Å². The molecular formula is C21H28N2O. The van der Waals surface area contributed by atoms with E-state index in [0.717, 1.165) is 12.1 Å². The predicted molar refractivity (Wildman–Crippen MR) is 98.8 cm³/mol. The Kier molecular flexibility index (Phi) is 6.02. The quantitative estimate of drug-likeness (QED) is 0.816. The van der Waals surface area contributed by atoms with Gasteiger partial charge in [-0.3, -0.25) is 0 Å². The van der Waals surface area contributed by atoms with Gasteiger partial charge in [-0.15, -0.1) is 0 Å². The van der Waals surface area contributed by atoms with Crippen LogP contribution in [0.2, 0.25) is 0 Å². The smallest absolute Gasteiger partial charge is 0.0681 e. The van der Waals surface area contributed by atoms with Crippen LogP contribution >= 0.6 is 0 Å². The van der Waals surface area contributed by atoms with Crippen molar-refractivity contribution in [2.24, 2.45) is 0 Å². The van der Waals surface area contributed by atoms with Gasteiger partial charge in [-0.25, -0.2) is 0 Å². The van der Waals surface area contributed by atoms with Gasteiger partial charge in [-0.2, -0.15) is 0 Å². The maximum atomic E-state index is 9.37. The Morgan fingerprint density at radius 1 is 1.00 bits per heavy atom. The fraction of sp³-hybridized carbons (Fsp3) is 0.429. The Labute approximate surface area is 145 Å². The normalized spacial score (nSPS) is 17.8. The molecule has 128 valence electrons. The van der Waals surface area contributed by atoms with Gasteiger partial charge in [0.05, 0.1) is 6.61 Å². The first-order valence-electron chi connectivity index (χ1n) is 8.99. The molecule has 0 saturated carbocycles. The van der Waals surface area contributed by atoms with Gasteiger partial charge in [0, 0.05) is 18.6 Å². The maximum Gasteiger partial charge on any atom is 0.0681 e. The van der Waals surface area contributed by atoms with Gasteiger partial charge in [-0.1, -0.05) is 54.6 Å².